The summed E-state index contributed by atoms with van der Waals surface area (Å²) in [6, 6.07) is 12.1. The van der Waals surface area contributed by atoms with Gasteiger partial charge in [0.05, 0.1) is 19.9 Å². The van der Waals surface area contributed by atoms with Crippen molar-refractivity contribution in [2.24, 2.45) is 5.10 Å². The largest absolute Gasteiger partial charge is 0.492 e. The normalized spacial score (nSPS) is 10.5. The summed E-state index contributed by atoms with van der Waals surface area (Å²) < 4.78 is 10.8. The van der Waals surface area contributed by atoms with Gasteiger partial charge in [0.2, 0.25) is 0 Å². The zero-order valence-electron chi connectivity index (χ0n) is 13.1. The van der Waals surface area contributed by atoms with E-state index in [1.807, 2.05) is 25.1 Å². The molecule has 0 aliphatic rings. The van der Waals surface area contributed by atoms with Gasteiger partial charge in [-0.3, -0.25) is 4.79 Å². The maximum Gasteiger partial charge on any atom is 0.271 e. The van der Waals surface area contributed by atoms with Gasteiger partial charge in [0.15, 0.2) is 11.5 Å². The van der Waals surface area contributed by atoms with E-state index in [1.165, 1.54) is 6.21 Å². The van der Waals surface area contributed by atoms with Crippen molar-refractivity contribution >= 4 is 17.8 Å². The van der Waals surface area contributed by atoms with Crippen LogP contribution in [0.3, 0.4) is 0 Å². The van der Waals surface area contributed by atoms with Crippen LogP contribution in [0.1, 0.15) is 22.8 Å². The van der Waals surface area contributed by atoms with Gasteiger partial charge < -0.3 is 15.2 Å². The summed E-state index contributed by atoms with van der Waals surface area (Å²) in [5, 5.41) is 3.96. The molecule has 2 aromatic carbocycles. The third kappa shape index (κ3) is 4.23. The Morgan fingerprint density at radius 1 is 1.30 bits per heavy atom. The SMILES string of the molecule is CCOc1cccc(/C=N\NC(=O)c2cccc(N)c2)c1OC. The molecule has 0 aliphatic heterocycles. The topological polar surface area (TPSA) is 85.9 Å². The summed E-state index contributed by atoms with van der Waals surface area (Å²) in [5.74, 6) is 0.853. The Morgan fingerprint density at radius 2 is 2.09 bits per heavy atom. The van der Waals surface area contributed by atoms with Crippen molar-refractivity contribution in [1.29, 1.82) is 0 Å². The van der Waals surface area contributed by atoms with Crippen molar-refractivity contribution in [3.63, 3.8) is 0 Å². The second kappa shape index (κ2) is 7.84. The third-order valence-corrected chi connectivity index (χ3v) is 3.03. The van der Waals surface area contributed by atoms with Crippen molar-refractivity contribution < 1.29 is 14.3 Å². The molecule has 0 aliphatic carbocycles. The molecule has 0 aromatic heterocycles. The number of amides is 1. The number of hydrogen-bond donors (Lipinski definition) is 2. The van der Waals surface area contributed by atoms with E-state index in [9.17, 15) is 4.79 Å². The summed E-state index contributed by atoms with van der Waals surface area (Å²) >= 11 is 0. The summed E-state index contributed by atoms with van der Waals surface area (Å²) in [7, 11) is 1.56. The van der Waals surface area contributed by atoms with E-state index in [-0.39, 0.29) is 5.91 Å². The van der Waals surface area contributed by atoms with Gasteiger partial charge in [-0.25, -0.2) is 5.43 Å². The molecule has 1 amide bonds. The van der Waals surface area contributed by atoms with E-state index in [0.717, 1.165) is 0 Å². The zero-order chi connectivity index (χ0) is 16.7. The number of nitrogen functional groups attached to an aromatic ring is 1. The summed E-state index contributed by atoms with van der Waals surface area (Å²) in [6.07, 6.45) is 1.51. The number of hydrazone groups is 1. The lowest BCUT2D eigenvalue weighted by atomic mass is 10.2. The van der Waals surface area contributed by atoms with Gasteiger partial charge in [-0.15, -0.1) is 0 Å². The van der Waals surface area contributed by atoms with E-state index < -0.39 is 0 Å². The number of methoxy groups -OCH3 is 1. The van der Waals surface area contributed by atoms with Crippen LogP contribution in [0.4, 0.5) is 5.69 Å². The average molecular weight is 313 g/mol. The predicted molar refractivity (Wildman–Crippen MR) is 90.1 cm³/mol. The average Bonchev–Trinajstić information content (AvgIpc) is 2.55. The molecule has 6 nitrogen and oxygen atoms in total. The van der Waals surface area contributed by atoms with Crippen molar-refractivity contribution in [1.82, 2.24) is 5.43 Å². The van der Waals surface area contributed by atoms with Crippen LogP contribution in [0.2, 0.25) is 0 Å². The molecular formula is C17H19N3O3. The number of anilines is 1. The number of carbonyl (C=O) groups excluding carboxylic acids is 1. The van der Waals surface area contributed by atoms with Crippen LogP contribution in [-0.4, -0.2) is 25.8 Å². The van der Waals surface area contributed by atoms with Gasteiger partial charge in [0.25, 0.3) is 5.91 Å². The van der Waals surface area contributed by atoms with Crippen molar-refractivity contribution in [3.8, 4) is 11.5 Å². The van der Waals surface area contributed by atoms with E-state index in [0.29, 0.717) is 34.9 Å². The van der Waals surface area contributed by atoms with Crippen LogP contribution in [0.5, 0.6) is 11.5 Å². The zero-order valence-corrected chi connectivity index (χ0v) is 13.1. The van der Waals surface area contributed by atoms with Crippen molar-refractivity contribution in [2.45, 2.75) is 6.92 Å². The molecule has 23 heavy (non-hydrogen) atoms. The minimum Gasteiger partial charge on any atom is -0.492 e. The molecular weight excluding hydrogens is 294 g/mol. The highest BCUT2D eigenvalue weighted by Crippen LogP contribution is 2.29. The number of benzene rings is 2. The molecule has 0 unspecified atom stereocenters. The van der Waals surface area contributed by atoms with Crippen LogP contribution in [0.15, 0.2) is 47.6 Å². The van der Waals surface area contributed by atoms with Crippen LogP contribution in [-0.2, 0) is 0 Å². The fourth-order valence-corrected chi connectivity index (χ4v) is 2.03. The Balaban J connectivity index is 2.11. The molecule has 6 heteroatoms. The summed E-state index contributed by atoms with van der Waals surface area (Å²) in [6.45, 7) is 2.43. The fourth-order valence-electron chi connectivity index (χ4n) is 2.03. The second-order valence-corrected chi connectivity index (χ2v) is 4.64. The smallest absolute Gasteiger partial charge is 0.271 e. The Hall–Kier alpha value is -3.02. The molecule has 0 radical (unpaired) electrons. The summed E-state index contributed by atoms with van der Waals surface area (Å²) in [4.78, 5) is 12.0. The highest BCUT2D eigenvalue weighted by Gasteiger charge is 2.08. The first-order valence-electron chi connectivity index (χ1n) is 7.14. The van der Waals surface area contributed by atoms with E-state index >= 15 is 0 Å². The Kier molecular flexibility index (Phi) is 5.57. The van der Waals surface area contributed by atoms with Gasteiger partial charge in [-0.05, 0) is 37.3 Å². The molecule has 0 fully saturated rings. The monoisotopic (exact) mass is 313 g/mol. The maximum absolute atomic E-state index is 12.0. The lowest BCUT2D eigenvalue weighted by molar-refractivity contribution is 0.0955. The van der Waals surface area contributed by atoms with Gasteiger partial charge in [-0.1, -0.05) is 12.1 Å². The highest BCUT2D eigenvalue weighted by molar-refractivity contribution is 5.95. The number of rotatable bonds is 6. The Morgan fingerprint density at radius 3 is 2.78 bits per heavy atom. The van der Waals surface area contributed by atoms with Gasteiger partial charge in [-0.2, -0.15) is 5.10 Å². The van der Waals surface area contributed by atoms with E-state index in [2.05, 4.69) is 10.5 Å². The summed E-state index contributed by atoms with van der Waals surface area (Å²) in [5.41, 5.74) is 9.77. The Labute approximate surface area is 134 Å². The number of nitrogens with two attached hydrogens (primary N) is 1. The lowest BCUT2D eigenvalue weighted by Gasteiger charge is -2.11. The molecule has 120 valence electrons. The fraction of sp³-hybridized carbons (Fsp3) is 0.176. The maximum atomic E-state index is 12.0. The van der Waals surface area contributed by atoms with E-state index in [4.69, 9.17) is 15.2 Å². The van der Waals surface area contributed by atoms with Crippen LogP contribution in [0, 0.1) is 0 Å². The second-order valence-electron chi connectivity index (χ2n) is 4.64. The molecule has 2 aromatic rings. The van der Waals surface area contributed by atoms with Crippen LogP contribution >= 0.6 is 0 Å². The van der Waals surface area contributed by atoms with Gasteiger partial charge in [0, 0.05) is 16.8 Å². The quantitative estimate of drug-likeness (QED) is 0.487. The predicted octanol–water partition coefficient (Wildman–Crippen LogP) is 2.44. The number of nitrogens with zero attached hydrogens (tertiary/aromatic N) is 1. The highest BCUT2D eigenvalue weighted by atomic mass is 16.5. The van der Waals surface area contributed by atoms with Gasteiger partial charge in [0.1, 0.15) is 0 Å². The molecule has 0 atom stereocenters. The molecule has 2 rings (SSSR count). The number of hydrogen-bond acceptors (Lipinski definition) is 5. The minimum atomic E-state index is -0.339. The molecule has 0 saturated heterocycles. The van der Waals surface area contributed by atoms with E-state index in [1.54, 1.807) is 31.4 Å². The lowest BCUT2D eigenvalue weighted by Crippen LogP contribution is -2.17. The molecule has 0 saturated carbocycles. The third-order valence-electron chi connectivity index (χ3n) is 3.03. The molecule has 3 N–H and O–H groups in total. The number of para-hydroxylation sites is 1. The van der Waals surface area contributed by atoms with Crippen LogP contribution in [0.25, 0.3) is 0 Å². The van der Waals surface area contributed by atoms with Gasteiger partial charge >= 0.3 is 0 Å². The van der Waals surface area contributed by atoms with Crippen LogP contribution < -0.4 is 20.6 Å². The molecule has 0 spiro atoms. The Bertz CT molecular complexity index is 714. The number of carbonyl (C=O) groups is 1. The number of nitrogens with one attached hydrogen (secondary N) is 1. The van der Waals surface area contributed by atoms with Crippen molar-refractivity contribution in [3.05, 3.63) is 53.6 Å². The molecule has 0 heterocycles. The standard InChI is InChI=1S/C17H19N3O3/c1-3-23-15-9-5-7-13(16(15)22-2)11-19-20-17(21)12-6-4-8-14(18)10-12/h4-11H,3,18H2,1-2H3,(H,20,21)/b19-11-. The van der Waals surface area contributed by atoms with Crippen molar-refractivity contribution in [2.75, 3.05) is 19.5 Å². The molecule has 0 bridgehead atoms. The first kappa shape index (κ1) is 16.4. The first-order valence-corrected chi connectivity index (χ1v) is 7.14. The first-order chi connectivity index (χ1) is 11.2. The minimum absolute atomic E-state index is 0.339. The number of ether oxygens (including phenoxy) is 2.